The van der Waals surface area contributed by atoms with Gasteiger partial charge in [0.25, 0.3) is 11.8 Å². The summed E-state index contributed by atoms with van der Waals surface area (Å²) in [7, 11) is 0. The van der Waals surface area contributed by atoms with Gasteiger partial charge in [0.15, 0.2) is 0 Å². The van der Waals surface area contributed by atoms with E-state index in [-0.39, 0.29) is 11.8 Å². The van der Waals surface area contributed by atoms with Crippen molar-refractivity contribution in [3.8, 4) is 0 Å². The number of hydrogen-bond acceptors (Lipinski definition) is 3. The van der Waals surface area contributed by atoms with E-state index in [9.17, 15) is 9.59 Å². The van der Waals surface area contributed by atoms with Gasteiger partial charge in [-0.1, -0.05) is 18.2 Å². The Balaban J connectivity index is 1.99. The van der Waals surface area contributed by atoms with E-state index >= 15 is 0 Å². The number of fused-ring (bicyclic) bond motifs is 1. The molecule has 134 valence electrons. The van der Waals surface area contributed by atoms with Crippen molar-refractivity contribution in [3.05, 3.63) is 65.4 Å². The number of amides is 2. The molecule has 0 aromatic heterocycles. The predicted molar refractivity (Wildman–Crippen MR) is 105 cm³/mol. The van der Waals surface area contributed by atoms with Crippen LogP contribution in [0.15, 0.2) is 54.2 Å². The average molecular weight is 349 g/mol. The summed E-state index contributed by atoms with van der Waals surface area (Å²) in [4.78, 5) is 26.9. The fourth-order valence-electron chi connectivity index (χ4n) is 3.17. The molecule has 5 nitrogen and oxygen atoms in total. The summed E-state index contributed by atoms with van der Waals surface area (Å²) in [6, 6.07) is 15.1. The number of nitrogens with one attached hydrogen (secondary N) is 2. The minimum atomic E-state index is -0.159. The van der Waals surface area contributed by atoms with Crippen molar-refractivity contribution in [2.24, 2.45) is 0 Å². The molecule has 1 aliphatic rings. The van der Waals surface area contributed by atoms with Crippen LogP contribution >= 0.6 is 0 Å². The second-order valence-electron chi connectivity index (χ2n) is 6.18. The van der Waals surface area contributed by atoms with Crippen LogP contribution in [0.4, 0.5) is 11.4 Å². The predicted octanol–water partition coefficient (Wildman–Crippen LogP) is 3.96. The highest BCUT2D eigenvalue weighted by molar-refractivity contribution is 6.32. The molecular weight excluding hydrogens is 326 g/mol. The molecule has 1 aliphatic heterocycles. The molecule has 2 aromatic carbocycles. The summed E-state index contributed by atoms with van der Waals surface area (Å²) in [5.74, 6) is -0.182. The summed E-state index contributed by atoms with van der Waals surface area (Å²) in [5.41, 5.74) is 4.31. The molecule has 1 heterocycles. The molecule has 0 spiro atoms. The van der Waals surface area contributed by atoms with Gasteiger partial charge in [0, 0.05) is 41.3 Å². The van der Waals surface area contributed by atoms with Gasteiger partial charge >= 0.3 is 0 Å². The molecule has 0 bridgehead atoms. The number of allylic oxidation sites excluding steroid dienone is 1. The molecule has 2 aromatic rings. The number of rotatable bonds is 5. The maximum absolute atomic E-state index is 12.6. The maximum atomic E-state index is 12.6. The number of hydrogen-bond donors (Lipinski definition) is 2. The molecule has 0 saturated heterocycles. The highest BCUT2D eigenvalue weighted by Crippen LogP contribution is 2.35. The first-order valence-corrected chi connectivity index (χ1v) is 8.83. The van der Waals surface area contributed by atoms with Gasteiger partial charge in [-0.2, -0.15) is 0 Å². The molecule has 2 N–H and O–H groups in total. The normalized spacial score (nSPS) is 14.5. The van der Waals surface area contributed by atoms with E-state index in [1.807, 2.05) is 51.1 Å². The monoisotopic (exact) mass is 349 g/mol. The van der Waals surface area contributed by atoms with Gasteiger partial charge in [-0.05, 0) is 51.1 Å². The second-order valence-corrected chi connectivity index (χ2v) is 6.18. The largest absolute Gasteiger partial charge is 0.358 e. The Labute approximate surface area is 153 Å². The van der Waals surface area contributed by atoms with Crippen molar-refractivity contribution >= 4 is 28.8 Å². The second kappa shape index (κ2) is 7.44. The molecule has 0 saturated carbocycles. The van der Waals surface area contributed by atoms with Gasteiger partial charge in [0.1, 0.15) is 0 Å². The van der Waals surface area contributed by atoms with Gasteiger partial charge in [-0.3, -0.25) is 9.59 Å². The van der Waals surface area contributed by atoms with E-state index in [4.69, 9.17) is 0 Å². The summed E-state index contributed by atoms with van der Waals surface area (Å²) >= 11 is 0. The number of carbonyl (C=O) groups excluding carboxylic acids is 2. The first-order valence-electron chi connectivity index (χ1n) is 8.83. The Kier molecular flexibility index (Phi) is 5.07. The van der Waals surface area contributed by atoms with Crippen LogP contribution in [-0.4, -0.2) is 29.8 Å². The highest BCUT2D eigenvalue weighted by atomic mass is 16.2. The van der Waals surface area contributed by atoms with Gasteiger partial charge in [0.2, 0.25) is 0 Å². The van der Waals surface area contributed by atoms with Gasteiger partial charge in [0.05, 0.1) is 5.57 Å². The van der Waals surface area contributed by atoms with Gasteiger partial charge in [-0.25, -0.2) is 0 Å². The molecule has 0 aliphatic carbocycles. The molecular formula is C21H23N3O2. The summed E-state index contributed by atoms with van der Waals surface area (Å²) in [6.45, 7) is 7.09. The first-order chi connectivity index (χ1) is 12.5. The van der Waals surface area contributed by atoms with Crippen LogP contribution in [0.1, 0.15) is 36.7 Å². The van der Waals surface area contributed by atoms with E-state index in [2.05, 4.69) is 10.6 Å². The number of para-hydroxylation sites is 1. The van der Waals surface area contributed by atoms with Crippen molar-refractivity contribution in [1.29, 1.82) is 0 Å². The van der Waals surface area contributed by atoms with Gasteiger partial charge in [-0.15, -0.1) is 0 Å². The SMILES string of the molecule is CCN(CC)C(=O)c1ccc2c(c1)C(=C(C)Nc1ccccc1)C(=O)N2. The lowest BCUT2D eigenvalue weighted by molar-refractivity contribution is -0.110. The molecule has 3 rings (SSSR count). The number of anilines is 2. The Morgan fingerprint density at radius 3 is 2.42 bits per heavy atom. The summed E-state index contributed by atoms with van der Waals surface area (Å²) in [5, 5.41) is 6.15. The topological polar surface area (TPSA) is 61.4 Å². The van der Waals surface area contributed by atoms with E-state index in [0.717, 1.165) is 22.6 Å². The summed E-state index contributed by atoms with van der Waals surface area (Å²) < 4.78 is 0. The Bertz CT molecular complexity index is 868. The van der Waals surface area contributed by atoms with Gasteiger partial charge < -0.3 is 15.5 Å². The van der Waals surface area contributed by atoms with E-state index in [0.29, 0.717) is 24.2 Å². The number of nitrogens with zero attached hydrogens (tertiary/aromatic N) is 1. The van der Waals surface area contributed by atoms with Crippen molar-refractivity contribution in [3.63, 3.8) is 0 Å². The molecule has 2 amide bonds. The lowest BCUT2D eigenvalue weighted by Crippen LogP contribution is -2.30. The van der Waals surface area contributed by atoms with Crippen molar-refractivity contribution < 1.29 is 9.59 Å². The minimum Gasteiger partial charge on any atom is -0.358 e. The maximum Gasteiger partial charge on any atom is 0.258 e. The fourth-order valence-corrected chi connectivity index (χ4v) is 3.17. The number of carbonyl (C=O) groups is 2. The quantitative estimate of drug-likeness (QED) is 0.803. The lowest BCUT2D eigenvalue weighted by Gasteiger charge is -2.19. The Morgan fingerprint density at radius 1 is 1.08 bits per heavy atom. The average Bonchev–Trinajstić information content (AvgIpc) is 2.98. The third kappa shape index (κ3) is 3.33. The van der Waals surface area contributed by atoms with Crippen LogP contribution in [0.25, 0.3) is 5.57 Å². The zero-order valence-electron chi connectivity index (χ0n) is 15.3. The van der Waals surface area contributed by atoms with Crippen LogP contribution in [0.2, 0.25) is 0 Å². The molecule has 5 heteroatoms. The van der Waals surface area contributed by atoms with Crippen LogP contribution in [0.5, 0.6) is 0 Å². The van der Waals surface area contributed by atoms with Crippen LogP contribution < -0.4 is 10.6 Å². The zero-order chi connectivity index (χ0) is 18.7. The first kappa shape index (κ1) is 17.7. The van der Waals surface area contributed by atoms with E-state index < -0.39 is 0 Å². The molecule has 0 radical (unpaired) electrons. The smallest absolute Gasteiger partial charge is 0.258 e. The molecule has 0 fully saturated rings. The summed E-state index contributed by atoms with van der Waals surface area (Å²) in [6.07, 6.45) is 0. The van der Waals surface area contributed by atoms with Crippen LogP contribution in [-0.2, 0) is 4.79 Å². The molecule has 0 unspecified atom stereocenters. The highest BCUT2D eigenvalue weighted by Gasteiger charge is 2.28. The standard InChI is InChI=1S/C21H23N3O2/c1-4-24(5-2)21(26)15-11-12-18-17(13-15)19(20(25)23-18)14(3)22-16-9-7-6-8-10-16/h6-13,22H,4-5H2,1-3H3,(H,23,25). The number of benzene rings is 2. The Hall–Kier alpha value is -3.08. The minimum absolute atomic E-state index is 0.0230. The third-order valence-corrected chi connectivity index (χ3v) is 4.54. The van der Waals surface area contributed by atoms with Crippen LogP contribution in [0.3, 0.4) is 0 Å². The van der Waals surface area contributed by atoms with Crippen molar-refractivity contribution in [1.82, 2.24) is 4.90 Å². The molecule has 0 atom stereocenters. The van der Waals surface area contributed by atoms with Crippen molar-refractivity contribution in [2.75, 3.05) is 23.7 Å². The Morgan fingerprint density at radius 2 is 1.77 bits per heavy atom. The van der Waals surface area contributed by atoms with E-state index in [1.165, 1.54) is 0 Å². The van der Waals surface area contributed by atoms with Crippen molar-refractivity contribution in [2.45, 2.75) is 20.8 Å². The van der Waals surface area contributed by atoms with Crippen LogP contribution in [0, 0.1) is 0 Å². The third-order valence-electron chi connectivity index (χ3n) is 4.54. The lowest BCUT2D eigenvalue weighted by atomic mass is 10.0. The zero-order valence-corrected chi connectivity index (χ0v) is 15.3. The molecule has 26 heavy (non-hydrogen) atoms. The van der Waals surface area contributed by atoms with E-state index in [1.54, 1.807) is 23.1 Å². The fraction of sp³-hybridized carbons (Fsp3) is 0.238.